The SMILES string of the molecule is COc1ccc(C(OC[C@@H]2C[C@@H](O)CN2C(=O)CCCNCc2ccc(/C=C/c3ccc(/C=C/c4ccc([N+](=O)[O-])cc4)cc3)cc2)(c2ccccc2)c2ccc(OC)cc2)cc1. The Kier molecular flexibility index (Phi) is 14.9. The molecule has 0 radical (unpaired) electrons. The van der Waals surface area contributed by atoms with Crippen LogP contribution in [0, 0.1) is 10.1 Å². The molecule has 1 saturated heterocycles. The number of nitrogens with zero attached hydrogens (tertiary/aromatic N) is 2. The Labute approximate surface area is 369 Å². The molecule has 2 atom stereocenters. The smallest absolute Gasteiger partial charge is 0.269 e. The number of nitro benzene ring substituents is 1. The number of aliphatic hydroxyl groups is 1. The van der Waals surface area contributed by atoms with Crippen molar-refractivity contribution in [2.45, 2.75) is 43.6 Å². The van der Waals surface area contributed by atoms with Crippen LogP contribution < -0.4 is 14.8 Å². The predicted octanol–water partition coefficient (Wildman–Crippen LogP) is 9.79. The molecular weight excluding hydrogens is 791 g/mol. The number of likely N-dealkylation sites (tertiary alicyclic amines) is 1. The van der Waals surface area contributed by atoms with Gasteiger partial charge in [0.25, 0.3) is 5.69 Å². The first kappa shape index (κ1) is 44.2. The topological polar surface area (TPSA) is 123 Å². The second-order valence-corrected chi connectivity index (χ2v) is 15.6. The van der Waals surface area contributed by atoms with Crippen LogP contribution in [0.1, 0.15) is 63.8 Å². The van der Waals surface area contributed by atoms with E-state index < -0.39 is 16.6 Å². The molecule has 0 aromatic heterocycles. The Morgan fingerprint density at radius 1 is 0.714 bits per heavy atom. The van der Waals surface area contributed by atoms with Crippen molar-refractivity contribution in [2.75, 3.05) is 33.9 Å². The quantitative estimate of drug-likeness (QED) is 0.0272. The molecule has 0 saturated carbocycles. The minimum Gasteiger partial charge on any atom is -0.497 e. The lowest BCUT2D eigenvalue weighted by Crippen LogP contribution is -2.42. The van der Waals surface area contributed by atoms with E-state index in [9.17, 15) is 20.0 Å². The molecule has 1 fully saturated rings. The molecule has 6 aromatic carbocycles. The number of hydrogen-bond donors (Lipinski definition) is 2. The summed E-state index contributed by atoms with van der Waals surface area (Å²) < 4.78 is 18.1. The first-order chi connectivity index (χ1) is 30.7. The summed E-state index contributed by atoms with van der Waals surface area (Å²) in [4.78, 5) is 26.0. The summed E-state index contributed by atoms with van der Waals surface area (Å²) in [6.45, 7) is 1.86. The van der Waals surface area contributed by atoms with Crippen LogP contribution in [-0.4, -0.2) is 66.9 Å². The lowest BCUT2D eigenvalue weighted by molar-refractivity contribution is -0.384. The number of nitro groups is 1. The third-order valence-electron chi connectivity index (χ3n) is 11.4. The molecule has 0 unspecified atom stereocenters. The normalized spacial score (nSPS) is 15.3. The van der Waals surface area contributed by atoms with Crippen LogP contribution >= 0.6 is 0 Å². The van der Waals surface area contributed by atoms with E-state index in [1.165, 1.54) is 12.1 Å². The van der Waals surface area contributed by atoms with E-state index in [0.717, 1.165) is 56.0 Å². The molecule has 10 heteroatoms. The van der Waals surface area contributed by atoms with Crippen LogP contribution in [0.3, 0.4) is 0 Å². The van der Waals surface area contributed by atoms with E-state index in [4.69, 9.17) is 14.2 Å². The molecule has 0 spiro atoms. The summed E-state index contributed by atoms with van der Waals surface area (Å²) >= 11 is 0. The van der Waals surface area contributed by atoms with Gasteiger partial charge >= 0.3 is 0 Å². The Morgan fingerprint density at radius 2 is 1.19 bits per heavy atom. The van der Waals surface area contributed by atoms with Crippen LogP contribution in [0.15, 0.2) is 152 Å². The minimum absolute atomic E-state index is 0.00523. The molecule has 10 nitrogen and oxygen atoms in total. The molecule has 1 aliphatic rings. The van der Waals surface area contributed by atoms with Crippen molar-refractivity contribution < 1.29 is 29.0 Å². The summed E-state index contributed by atoms with van der Waals surface area (Å²) in [7, 11) is 3.29. The molecule has 0 bridgehead atoms. The molecular formula is C53H53N3O7. The van der Waals surface area contributed by atoms with Crippen molar-refractivity contribution in [2.24, 2.45) is 0 Å². The number of nitrogens with one attached hydrogen (secondary N) is 1. The van der Waals surface area contributed by atoms with Gasteiger partial charge in [0.15, 0.2) is 0 Å². The molecule has 63 heavy (non-hydrogen) atoms. The number of ether oxygens (including phenoxy) is 3. The summed E-state index contributed by atoms with van der Waals surface area (Å²) in [5.41, 5.74) is 7.06. The number of rotatable bonds is 19. The first-order valence-corrected chi connectivity index (χ1v) is 21.2. The van der Waals surface area contributed by atoms with E-state index in [-0.39, 0.29) is 30.8 Å². The van der Waals surface area contributed by atoms with Crippen LogP contribution in [0.2, 0.25) is 0 Å². The van der Waals surface area contributed by atoms with Crippen LogP contribution in [-0.2, 0) is 21.7 Å². The van der Waals surface area contributed by atoms with Crippen molar-refractivity contribution in [3.63, 3.8) is 0 Å². The van der Waals surface area contributed by atoms with Crippen molar-refractivity contribution in [1.82, 2.24) is 10.2 Å². The van der Waals surface area contributed by atoms with E-state index in [1.54, 1.807) is 31.3 Å². The largest absolute Gasteiger partial charge is 0.497 e. The summed E-state index contributed by atoms with van der Waals surface area (Å²) in [6, 6.07) is 48.6. The van der Waals surface area contributed by atoms with E-state index >= 15 is 0 Å². The van der Waals surface area contributed by atoms with Gasteiger partial charge in [-0.3, -0.25) is 14.9 Å². The standard InChI is InChI=1S/C53H53N3O7/c1-61-50-30-24-45(25-31-50)53(44-7-4-3-5-8-44,46-26-32-51(62-2)33-27-46)63-38-48-35-49(57)37-55(48)52(58)9-6-34-54-36-43-20-18-41(19-21-43)15-14-39-10-12-40(13-11-39)16-17-42-22-28-47(29-23-42)56(59)60/h3-5,7-8,10-33,48-49,54,57H,6,9,34-38H2,1-2H3/b15-14+,17-16+/t48-,49+/m0/s1. The second kappa shape index (κ2) is 21.3. The second-order valence-electron chi connectivity index (χ2n) is 15.6. The van der Waals surface area contributed by atoms with Crippen molar-refractivity contribution in [3.8, 4) is 11.5 Å². The maximum Gasteiger partial charge on any atom is 0.269 e. The monoisotopic (exact) mass is 843 g/mol. The lowest BCUT2D eigenvalue weighted by Gasteiger charge is -2.38. The van der Waals surface area contributed by atoms with E-state index in [1.807, 2.05) is 91.0 Å². The molecule has 1 amide bonds. The average Bonchev–Trinajstić information content (AvgIpc) is 3.71. The Bertz CT molecular complexity index is 2400. The van der Waals surface area contributed by atoms with Gasteiger partial charge in [-0.25, -0.2) is 0 Å². The number of β-amino-alcohol motifs (C(OH)–C–C–N with tert-alkyl or cyclic N) is 1. The number of non-ortho nitro benzene ring substituents is 1. The third-order valence-corrected chi connectivity index (χ3v) is 11.4. The number of benzene rings is 6. The van der Waals surface area contributed by atoms with Gasteiger partial charge in [0.05, 0.1) is 37.9 Å². The average molecular weight is 844 g/mol. The van der Waals surface area contributed by atoms with E-state index in [0.29, 0.717) is 32.4 Å². The van der Waals surface area contributed by atoms with Gasteiger partial charge in [-0.1, -0.05) is 127 Å². The van der Waals surface area contributed by atoms with Gasteiger partial charge < -0.3 is 29.5 Å². The van der Waals surface area contributed by atoms with Crippen LogP contribution in [0.25, 0.3) is 24.3 Å². The van der Waals surface area contributed by atoms with Gasteiger partial charge in [-0.2, -0.15) is 0 Å². The van der Waals surface area contributed by atoms with Gasteiger partial charge in [0, 0.05) is 31.6 Å². The number of carbonyl (C=O) groups excluding carboxylic acids is 1. The Hall–Kier alpha value is -6.85. The lowest BCUT2D eigenvalue weighted by atomic mass is 9.80. The number of carbonyl (C=O) groups is 1. The Balaban J connectivity index is 0.908. The van der Waals surface area contributed by atoms with Crippen LogP contribution in [0.4, 0.5) is 5.69 Å². The zero-order chi connectivity index (χ0) is 44.0. The molecule has 0 aliphatic carbocycles. The zero-order valence-electron chi connectivity index (χ0n) is 35.6. The van der Waals surface area contributed by atoms with Crippen LogP contribution in [0.5, 0.6) is 11.5 Å². The van der Waals surface area contributed by atoms with Crippen molar-refractivity contribution >= 4 is 35.9 Å². The highest BCUT2D eigenvalue weighted by atomic mass is 16.6. The Morgan fingerprint density at radius 3 is 1.68 bits per heavy atom. The predicted molar refractivity (Wildman–Crippen MR) is 249 cm³/mol. The molecule has 1 heterocycles. The summed E-state index contributed by atoms with van der Waals surface area (Å²) in [5.74, 6) is 1.47. The third kappa shape index (κ3) is 11.4. The minimum atomic E-state index is -1.02. The maximum atomic E-state index is 13.7. The van der Waals surface area contributed by atoms with Gasteiger partial charge in [0.1, 0.15) is 17.1 Å². The number of methoxy groups -OCH3 is 2. The first-order valence-electron chi connectivity index (χ1n) is 21.2. The molecule has 7 rings (SSSR count). The number of aliphatic hydroxyl groups excluding tert-OH is 1. The molecule has 6 aromatic rings. The fraction of sp³-hybridized carbons (Fsp3) is 0.226. The zero-order valence-corrected chi connectivity index (χ0v) is 35.6. The van der Waals surface area contributed by atoms with Crippen molar-refractivity contribution in [1.29, 1.82) is 0 Å². The molecule has 2 N–H and O–H groups in total. The van der Waals surface area contributed by atoms with E-state index in [2.05, 4.69) is 66.0 Å². The molecule has 1 aliphatic heterocycles. The molecule has 322 valence electrons. The number of amides is 1. The summed E-state index contributed by atoms with van der Waals surface area (Å²) in [6.07, 6.45) is 8.90. The number of hydrogen-bond acceptors (Lipinski definition) is 8. The van der Waals surface area contributed by atoms with Gasteiger partial charge in [-0.05, 0) is 100 Å². The highest BCUT2D eigenvalue weighted by Crippen LogP contribution is 2.42. The fourth-order valence-corrected chi connectivity index (χ4v) is 7.95. The fourth-order valence-electron chi connectivity index (χ4n) is 7.95. The van der Waals surface area contributed by atoms with Crippen molar-refractivity contribution in [3.05, 3.63) is 206 Å². The van der Waals surface area contributed by atoms with Gasteiger partial charge in [0.2, 0.25) is 5.91 Å². The highest BCUT2D eigenvalue weighted by Gasteiger charge is 2.41. The highest BCUT2D eigenvalue weighted by molar-refractivity contribution is 5.77. The maximum absolute atomic E-state index is 13.7. The summed E-state index contributed by atoms with van der Waals surface area (Å²) in [5, 5.41) is 25.2. The van der Waals surface area contributed by atoms with Gasteiger partial charge in [-0.15, -0.1) is 0 Å².